The summed E-state index contributed by atoms with van der Waals surface area (Å²) in [6.07, 6.45) is 70.7. The number of hydrogen-bond acceptors (Lipinski definition) is 6. The van der Waals surface area contributed by atoms with E-state index < -0.39 is 20.2 Å². The van der Waals surface area contributed by atoms with Crippen LogP contribution in [-0.4, -0.2) is 74.8 Å². The van der Waals surface area contributed by atoms with Crippen molar-refractivity contribution in [2.24, 2.45) is 0 Å². The maximum atomic E-state index is 12.4. The number of fused-ring (bicyclic) bond motifs is 2. The van der Waals surface area contributed by atoms with Crippen LogP contribution in [0.5, 0.6) is 0 Å². The van der Waals surface area contributed by atoms with Gasteiger partial charge in [0.2, 0.25) is 0 Å². The monoisotopic (exact) mass is 1390 g/mol. The Hall–Kier alpha value is -1.21. The summed E-state index contributed by atoms with van der Waals surface area (Å²) >= 11 is 0. The van der Waals surface area contributed by atoms with Gasteiger partial charge in [-0.15, -0.1) is 0 Å². The predicted octanol–water partition coefficient (Wildman–Crippen LogP) is 25.6. The van der Waals surface area contributed by atoms with Crippen LogP contribution < -0.4 is 0 Å². The molecule has 0 bridgehead atoms. The molecular formula is C80H134BaO6S2. The Balaban J connectivity index is 0.000000600. The zero-order valence-corrected chi connectivity index (χ0v) is 64.4. The second kappa shape index (κ2) is 56.0. The molecule has 0 saturated carbocycles. The van der Waals surface area contributed by atoms with Gasteiger partial charge in [0.1, 0.15) is 20.2 Å². The van der Waals surface area contributed by atoms with E-state index in [0.717, 1.165) is 108 Å². The van der Waals surface area contributed by atoms with Gasteiger partial charge in [-0.3, -0.25) is 0 Å². The third-order valence-electron chi connectivity index (χ3n) is 19.1. The normalized spacial score (nSPS) is 11.8. The molecule has 4 aromatic rings. The van der Waals surface area contributed by atoms with Crippen molar-refractivity contribution in [1.29, 1.82) is 0 Å². The predicted molar refractivity (Wildman–Crippen MR) is 387 cm³/mol. The number of unbranched alkanes of at least 4 members (excludes halogenated alkanes) is 48. The molecule has 0 aromatic heterocycles. The molecule has 4 rings (SSSR count). The molecule has 0 heterocycles. The Labute approximate surface area is 591 Å². The molecule has 9 heteroatoms. The summed E-state index contributed by atoms with van der Waals surface area (Å²) in [6.45, 7) is 9.09. The smallest absolute Gasteiger partial charge is 0.744 e. The minimum absolute atomic E-state index is 0. The van der Waals surface area contributed by atoms with Crippen LogP contribution in [0.1, 0.15) is 384 Å². The minimum Gasteiger partial charge on any atom is -0.744 e. The second-order valence-corrected chi connectivity index (χ2v) is 29.7. The molecule has 0 unspecified atom stereocenters. The number of hydrogen-bond donors (Lipinski definition) is 0. The van der Waals surface area contributed by atoms with Gasteiger partial charge in [-0.2, -0.15) is 0 Å². The second-order valence-electron chi connectivity index (χ2n) is 27.0. The van der Waals surface area contributed by atoms with Crippen LogP contribution in [0.2, 0.25) is 0 Å². The van der Waals surface area contributed by atoms with Gasteiger partial charge in [-0.1, -0.05) is 384 Å². The molecule has 0 aliphatic rings. The summed E-state index contributed by atoms with van der Waals surface area (Å²) in [7, 11) is -9.05. The first-order chi connectivity index (χ1) is 43.0. The molecule has 6 nitrogen and oxygen atoms in total. The number of benzene rings is 4. The summed E-state index contributed by atoms with van der Waals surface area (Å²) in [5.41, 5.74) is 3.83. The van der Waals surface area contributed by atoms with E-state index in [1.54, 1.807) is 12.1 Å². The number of rotatable bonds is 58. The number of aryl methyl sites for hydroxylation is 2. The van der Waals surface area contributed by atoms with E-state index in [-0.39, 0.29) is 58.7 Å². The van der Waals surface area contributed by atoms with Crippen LogP contribution in [0, 0.1) is 0 Å². The average Bonchev–Trinajstić information content (AvgIpc) is 0.927. The SMILES string of the molecule is CCCCCCCCCCCCCCCc1c(S(=O)(=O)[O-])cc2ccccc2c1CCCCCCCCCCCCCCC.CCCCCCCCCCCCCCCc1c(S(=O)(=O)[O-])cc2ccccc2c1CCCCCCCCCCCCCCC.[Ba+2]. The van der Waals surface area contributed by atoms with E-state index >= 15 is 0 Å². The van der Waals surface area contributed by atoms with Crippen LogP contribution in [0.4, 0.5) is 0 Å². The zero-order valence-electron chi connectivity index (χ0n) is 58.3. The van der Waals surface area contributed by atoms with Gasteiger partial charge in [-0.25, -0.2) is 16.8 Å². The Kier molecular flexibility index (Phi) is 52.8. The van der Waals surface area contributed by atoms with E-state index in [9.17, 15) is 25.9 Å². The maximum Gasteiger partial charge on any atom is 2.00 e. The summed E-state index contributed by atoms with van der Waals surface area (Å²) in [5, 5.41) is 4.01. The third kappa shape index (κ3) is 40.1. The topological polar surface area (TPSA) is 114 Å². The fraction of sp³-hybridized carbons (Fsp3) is 0.750. The molecule has 0 spiro atoms. The van der Waals surface area contributed by atoms with E-state index in [4.69, 9.17) is 0 Å². The Morgan fingerprint density at radius 3 is 0.607 bits per heavy atom. The van der Waals surface area contributed by atoms with Gasteiger partial charge in [-0.05, 0) is 107 Å². The Bertz CT molecular complexity index is 2370. The molecule has 0 saturated heterocycles. The van der Waals surface area contributed by atoms with Crippen molar-refractivity contribution in [2.45, 2.75) is 397 Å². The first-order valence-corrected chi connectivity index (χ1v) is 40.8. The molecule has 89 heavy (non-hydrogen) atoms. The van der Waals surface area contributed by atoms with Crippen LogP contribution in [0.25, 0.3) is 21.5 Å². The Morgan fingerprint density at radius 1 is 0.247 bits per heavy atom. The van der Waals surface area contributed by atoms with Gasteiger partial charge in [0, 0.05) is 0 Å². The molecule has 0 amide bonds. The van der Waals surface area contributed by atoms with Gasteiger partial charge < -0.3 is 9.11 Å². The molecule has 0 aliphatic heterocycles. The maximum absolute atomic E-state index is 12.4. The van der Waals surface area contributed by atoms with E-state index in [1.165, 1.54) is 283 Å². The summed E-state index contributed by atoms with van der Waals surface area (Å²) in [4.78, 5) is 0.0552. The first kappa shape index (κ1) is 83.9. The molecule has 504 valence electrons. The van der Waals surface area contributed by atoms with Gasteiger partial charge in [0.25, 0.3) is 0 Å². The van der Waals surface area contributed by atoms with E-state index in [0.29, 0.717) is 12.8 Å². The molecule has 0 N–H and O–H groups in total. The standard InChI is InChI=1S/2C40H68O3S.Ba/c2*1-3-5-7-9-11-13-15-17-19-21-23-25-27-33-38-37-32-30-29-31-36(37)35-40(44(41,42)43)39(38)34-28-26-24-22-20-18-16-14-12-10-8-6-4-2;/h2*29-32,35H,3-28,33-34H2,1-2H3,(H,41,42,43);/q;;+2/p-2. The van der Waals surface area contributed by atoms with Gasteiger partial charge in [0.15, 0.2) is 0 Å². The van der Waals surface area contributed by atoms with Crippen LogP contribution in [-0.2, 0) is 45.9 Å². The van der Waals surface area contributed by atoms with Crippen LogP contribution >= 0.6 is 0 Å². The molecule has 0 atom stereocenters. The summed E-state index contributed by atoms with van der Waals surface area (Å²) < 4.78 is 74.5. The van der Waals surface area contributed by atoms with Gasteiger partial charge in [0.05, 0.1) is 9.79 Å². The van der Waals surface area contributed by atoms with E-state index in [1.807, 2.05) is 36.4 Å². The molecule has 0 aliphatic carbocycles. The minimum atomic E-state index is -4.52. The molecule has 4 aromatic carbocycles. The molecule has 0 radical (unpaired) electrons. The van der Waals surface area contributed by atoms with Crippen LogP contribution in [0.3, 0.4) is 0 Å². The zero-order chi connectivity index (χ0) is 63.4. The van der Waals surface area contributed by atoms with Crippen molar-refractivity contribution in [3.63, 3.8) is 0 Å². The largest absolute Gasteiger partial charge is 2.00 e. The summed E-state index contributed by atoms with van der Waals surface area (Å²) in [5.74, 6) is 0. The van der Waals surface area contributed by atoms with E-state index in [2.05, 4.69) is 39.8 Å². The van der Waals surface area contributed by atoms with Gasteiger partial charge >= 0.3 is 48.9 Å². The summed E-state index contributed by atoms with van der Waals surface area (Å²) in [6, 6.07) is 19.4. The van der Waals surface area contributed by atoms with Crippen LogP contribution in [0.15, 0.2) is 70.5 Å². The third-order valence-corrected chi connectivity index (χ3v) is 20.9. The average molecular weight is 1390 g/mol. The fourth-order valence-electron chi connectivity index (χ4n) is 13.7. The van der Waals surface area contributed by atoms with Crippen molar-refractivity contribution in [3.05, 3.63) is 82.9 Å². The molecular weight excluding hydrogens is 1260 g/mol. The van der Waals surface area contributed by atoms with Crippen molar-refractivity contribution in [3.8, 4) is 0 Å². The molecule has 0 fully saturated rings. The van der Waals surface area contributed by atoms with Crippen molar-refractivity contribution in [2.75, 3.05) is 0 Å². The van der Waals surface area contributed by atoms with Crippen molar-refractivity contribution >= 4 is 90.7 Å². The van der Waals surface area contributed by atoms with Crippen molar-refractivity contribution < 1.29 is 25.9 Å². The first-order valence-electron chi connectivity index (χ1n) is 38.0. The van der Waals surface area contributed by atoms with Crippen molar-refractivity contribution in [1.82, 2.24) is 0 Å². The quantitative estimate of drug-likeness (QED) is 0.0247. The fourth-order valence-corrected chi connectivity index (χ4v) is 15.3. The Morgan fingerprint density at radius 2 is 0.416 bits per heavy atom.